The average molecular weight is 348 g/mol. The molecule has 1 aromatic carbocycles. The molecule has 6 nitrogen and oxygen atoms in total. The molecule has 24 heavy (non-hydrogen) atoms. The molecule has 2 aromatic rings. The minimum Gasteiger partial charge on any atom is -0.387 e. The van der Waals surface area contributed by atoms with Crippen LogP contribution in [0.2, 0.25) is 5.15 Å². The second-order valence-corrected chi connectivity index (χ2v) is 6.19. The zero-order valence-electron chi connectivity index (χ0n) is 13.7. The number of nitrogens with one attached hydrogen (secondary N) is 1. The molecule has 0 bridgehead atoms. The van der Waals surface area contributed by atoms with Gasteiger partial charge in [-0.2, -0.15) is 0 Å². The number of β-amino-alcohol motifs (C(OH)–C–C–N with tert-alkyl or cyclic N) is 1. The number of aromatic nitrogens is 2. The van der Waals surface area contributed by atoms with Gasteiger partial charge in [0.15, 0.2) is 11.0 Å². The first kappa shape index (κ1) is 17.0. The number of aliphatic hydroxyl groups excluding tert-OH is 1. The van der Waals surface area contributed by atoms with Gasteiger partial charge in [-0.05, 0) is 5.56 Å². The molecule has 2 heterocycles. The van der Waals surface area contributed by atoms with Crippen LogP contribution in [0.25, 0.3) is 0 Å². The Balaban J connectivity index is 1.59. The van der Waals surface area contributed by atoms with Crippen molar-refractivity contribution in [3.63, 3.8) is 0 Å². The molecular formula is C17H22ClN5O. The Morgan fingerprint density at radius 1 is 1.17 bits per heavy atom. The van der Waals surface area contributed by atoms with E-state index in [0.717, 1.165) is 43.2 Å². The number of nitrogens with zero attached hydrogens (tertiary/aromatic N) is 4. The van der Waals surface area contributed by atoms with E-state index in [-0.39, 0.29) is 0 Å². The summed E-state index contributed by atoms with van der Waals surface area (Å²) in [4.78, 5) is 12.9. The Labute approximate surface area is 147 Å². The molecule has 0 saturated carbocycles. The molecule has 2 N–H and O–H groups in total. The molecule has 1 aliphatic heterocycles. The van der Waals surface area contributed by atoms with E-state index in [1.807, 2.05) is 37.4 Å². The van der Waals surface area contributed by atoms with Crippen molar-refractivity contribution in [1.82, 2.24) is 14.9 Å². The molecule has 1 atom stereocenters. The number of piperazine rings is 1. The van der Waals surface area contributed by atoms with Crippen LogP contribution in [0.4, 0.5) is 11.5 Å². The highest BCUT2D eigenvalue weighted by atomic mass is 35.5. The van der Waals surface area contributed by atoms with E-state index in [4.69, 9.17) is 11.6 Å². The van der Waals surface area contributed by atoms with Gasteiger partial charge in [-0.15, -0.1) is 0 Å². The maximum Gasteiger partial charge on any atom is 0.157 e. The zero-order chi connectivity index (χ0) is 16.9. The number of rotatable bonds is 5. The summed E-state index contributed by atoms with van der Waals surface area (Å²) in [6.45, 7) is 4.05. The Hall–Kier alpha value is -1.89. The van der Waals surface area contributed by atoms with Gasteiger partial charge in [0.25, 0.3) is 0 Å². The summed E-state index contributed by atoms with van der Waals surface area (Å²) in [5, 5.41) is 13.9. The highest BCUT2D eigenvalue weighted by Gasteiger charge is 2.23. The fraction of sp³-hybridized carbons (Fsp3) is 0.412. The summed E-state index contributed by atoms with van der Waals surface area (Å²) < 4.78 is 0. The van der Waals surface area contributed by atoms with Crippen molar-refractivity contribution in [1.29, 1.82) is 0 Å². The van der Waals surface area contributed by atoms with Crippen molar-refractivity contribution in [3.05, 3.63) is 47.4 Å². The SMILES string of the molecule is CNc1c(Cl)ncnc1N1CCN(CC(O)c2ccccc2)CC1. The minimum atomic E-state index is -0.459. The smallest absolute Gasteiger partial charge is 0.157 e. The third-order valence-corrected chi connectivity index (χ3v) is 4.60. The highest BCUT2D eigenvalue weighted by molar-refractivity contribution is 6.32. The summed E-state index contributed by atoms with van der Waals surface area (Å²) in [6, 6.07) is 9.79. The van der Waals surface area contributed by atoms with E-state index >= 15 is 0 Å². The summed E-state index contributed by atoms with van der Waals surface area (Å²) in [6.07, 6.45) is 1.03. The number of benzene rings is 1. The van der Waals surface area contributed by atoms with Crippen molar-refractivity contribution in [2.24, 2.45) is 0 Å². The van der Waals surface area contributed by atoms with Crippen molar-refractivity contribution >= 4 is 23.1 Å². The third-order valence-electron chi connectivity index (χ3n) is 4.32. The molecule has 0 aliphatic carbocycles. The molecule has 1 unspecified atom stereocenters. The Morgan fingerprint density at radius 2 is 1.88 bits per heavy atom. The number of hydrogen-bond donors (Lipinski definition) is 2. The van der Waals surface area contributed by atoms with Gasteiger partial charge >= 0.3 is 0 Å². The number of halogens is 1. The standard InChI is InChI=1S/C17H22ClN5O/c1-19-15-16(18)20-12-21-17(15)23-9-7-22(8-10-23)11-14(24)13-5-3-2-4-6-13/h2-6,12,14,19,24H,7-11H2,1H3. The second kappa shape index (κ2) is 7.79. The number of aliphatic hydroxyl groups is 1. The first-order valence-electron chi connectivity index (χ1n) is 8.07. The first-order chi connectivity index (χ1) is 11.7. The van der Waals surface area contributed by atoms with Crippen molar-refractivity contribution in [3.8, 4) is 0 Å². The highest BCUT2D eigenvalue weighted by Crippen LogP contribution is 2.29. The van der Waals surface area contributed by atoms with Crippen LogP contribution in [0.3, 0.4) is 0 Å². The molecule has 0 radical (unpaired) electrons. The van der Waals surface area contributed by atoms with Crippen molar-refractivity contribution < 1.29 is 5.11 Å². The molecule has 7 heteroatoms. The lowest BCUT2D eigenvalue weighted by atomic mass is 10.1. The molecular weight excluding hydrogens is 326 g/mol. The number of anilines is 2. The summed E-state index contributed by atoms with van der Waals surface area (Å²) in [5.41, 5.74) is 1.72. The van der Waals surface area contributed by atoms with Gasteiger partial charge in [-0.3, -0.25) is 4.90 Å². The molecule has 1 saturated heterocycles. The molecule has 1 aliphatic rings. The minimum absolute atomic E-state index is 0.435. The van der Waals surface area contributed by atoms with Crippen LogP contribution >= 0.6 is 11.6 Å². The summed E-state index contributed by atoms with van der Waals surface area (Å²) in [5.74, 6) is 0.834. The lowest BCUT2D eigenvalue weighted by molar-refractivity contribution is 0.109. The van der Waals surface area contributed by atoms with Gasteiger partial charge < -0.3 is 15.3 Å². The van der Waals surface area contributed by atoms with Crippen LogP contribution in [0.5, 0.6) is 0 Å². The van der Waals surface area contributed by atoms with Crippen LogP contribution in [-0.2, 0) is 0 Å². The lowest BCUT2D eigenvalue weighted by Gasteiger charge is -2.36. The van der Waals surface area contributed by atoms with Crippen LogP contribution in [0, 0.1) is 0 Å². The van der Waals surface area contributed by atoms with Gasteiger partial charge in [0.1, 0.15) is 12.0 Å². The fourth-order valence-electron chi connectivity index (χ4n) is 2.98. The van der Waals surface area contributed by atoms with Gasteiger partial charge in [0.05, 0.1) is 6.10 Å². The quantitative estimate of drug-likeness (QED) is 0.807. The molecule has 0 amide bonds. The van der Waals surface area contributed by atoms with Crippen molar-refractivity contribution in [2.75, 3.05) is 50.0 Å². The van der Waals surface area contributed by atoms with E-state index in [9.17, 15) is 5.11 Å². The molecule has 128 valence electrons. The lowest BCUT2D eigenvalue weighted by Crippen LogP contribution is -2.48. The van der Waals surface area contributed by atoms with Gasteiger partial charge in [0, 0.05) is 39.8 Å². The normalized spacial score (nSPS) is 16.9. The molecule has 0 spiro atoms. The maximum absolute atomic E-state index is 10.4. The topological polar surface area (TPSA) is 64.5 Å². The summed E-state index contributed by atoms with van der Waals surface area (Å²) >= 11 is 6.13. The predicted molar refractivity (Wildman–Crippen MR) is 96.6 cm³/mol. The summed E-state index contributed by atoms with van der Waals surface area (Å²) in [7, 11) is 1.82. The molecule has 3 rings (SSSR count). The first-order valence-corrected chi connectivity index (χ1v) is 8.45. The maximum atomic E-state index is 10.4. The van der Waals surface area contributed by atoms with Crippen LogP contribution in [0.1, 0.15) is 11.7 Å². The average Bonchev–Trinajstić information content (AvgIpc) is 2.63. The zero-order valence-corrected chi connectivity index (χ0v) is 14.4. The number of hydrogen-bond acceptors (Lipinski definition) is 6. The Morgan fingerprint density at radius 3 is 2.54 bits per heavy atom. The molecule has 1 aromatic heterocycles. The largest absolute Gasteiger partial charge is 0.387 e. The Kier molecular flexibility index (Phi) is 5.50. The van der Waals surface area contributed by atoms with Crippen LogP contribution in [-0.4, -0.2) is 59.7 Å². The predicted octanol–water partition coefficient (Wildman–Crippen LogP) is 2.03. The van der Waals surface area contributed by atoms with E-state index in [0.29, 0.717) is 11.7 Å². The van der Waals surface area contributed by atoms with E-state index in [1.54, 1.807) is 0 Å². The van der Waals surface area contributed by atoms with Gasteiger partial charge in [0.2, 0.25) is 0 Å². The van der Waals surface area contributed by atoms with Gasteiger partial charge in [-0.25, -0.2) is 9.97 Å². The monoisotopic (exact) mass is 347 g/mol. The van der Waals surface area contributed by atoms with Crippen LogP contribution in [0.15, 0.2) is 36.7 Å². The molecule has 1 fully saturated rings. The Bertz CT molecular complexity index is 661. The second-order valence-electron chi connectivity index (χ2n) is 5.83. The van der Waals surface area contributed by atoms with Gasteiger partial charge in [-0.1, -0.05) is 41.9 Å². The van der Waals surface area contributed by atoms with Crippen molar-refractivity contribution in [2.45, 2.75) is 6.10 Å². The van der Waals surface area contributed by atoms with E-state index in [2.05, 4.69) is 25.1 Å². The van der Waals surface area contributed by atoms with E-state index in [1.165, 1.54) is 6.33 Å². The third kappa shape index (κ3) is 3.77. The fourth-order valence-corrected chi connectivity index (χ4v) is 3.20. The van der Waals surface area contributed by atoms with E-state index < -0.39 is 6.10 Å². The van der Waals surface area contributed by atoms with Crippen LogP contribution < -0.4 is 10.2 Å².